The van der Waals surface area contributed by atoms with Gasteiger partial charge in [0.2, 0.25) is 0 Å². The SMILES string of the molecule is CC(C)C(Oc1ccc2ncc(Br)cc2c1)C(=O)O. The molecule has 0 saturated heterocycles. The van der Waals surface area contributed by atoms with E-state index in [1.165, 1.54) is 0 Å². The van der Waals surface area contributed by atoms with Crippen LogP contribution in [-0.2, 0) is 4.79 Å². The third-order valence-electron chi connectivity index (χ3n) is 2.73. The molecule has 0 bridgehead atoms. The highest BCUT2D eigenvalue weighted by atomic mass is 79.9. The summed E-state index contributed by atoms with van der Waals surface area (Å²) in [6.45, 7) is 3.63. The Balaban J connectivity index is 2.32. The molecule has 0 fully saturated rings. The van der Waals surface area contributed by atoms with Crippen LogP contribution in [0.25, 0.3) is 10.9 Å². The zero-order valence-corrected chi connectivity index (χ0v) is 12.2. The van der Waals surface area contributed by atoms with Crippen LogP contribution in [0.15, 0.2) is 34.9 Å². The predicted molar refractivity (Wildman–Crippen MR) is 76.3 cm³/mol. The first-order chi connectivity index (χ1) is 8.97. The first-order valence-corrected chi connectivity index (χ1v) is 6.71. The molecule has 0 aliphatic heterocycles. The molecule has 0 aliphatic rings. The number of nitrogens with zero attached hydrogens (tertiary/aromatic N) is 1. The van der Waals surface area contributed by atoms with Crippen molar-refractivity contribution >= 4 is 32.8 Å². The molecule has 1 heterocycles. The number of aromatic nitrogens is 1. The lowest BCUT2D eigenvalue weighted by atomic mass is 10.1. The first kappa shape index (κ1) is 13.8. The number of hydrogen-bond donors (Lipinski definition) is 1. The quantitative estimate of drug-likeness (QED) is 0.935. The number of carboxylic acid groups (broad SMARTS) is 1. The average Bonchev–Trinajstić information content (AvgIpc) is 2.34. The average molecular weight is 324 g/mol. The Kier molecular flexibility index (Phi) is 4.04. The summed E-state index contributed by atoms with van der Waals surface area (Å²) in [7, 11) is 0. The molecule has 1 N–H and O–H groups in total. The van der Waals surface area contributed by atoms with Crippen LogP contribution in [0.5, 0.6) is 5.75 Å². The van der Waals surface area contributed by atoms with Crippen LogP contribution in [0.2, 0.25) is 0 Å². The number of benzene rings is 1. The summed E-state index contributed by atoms with van der Waals surface area (Å²) >= 11 is 3.36. The van der Waals surface area contributed by atoms with Crippen LogP contribution in [0.4, 0.5) is 0 Å². The van der Waals surface area contributed by atoms with E-state index in [2.05, 4.69) is 20.9 Å². The number of carbonyl (C=O) groups is 1. The summed E-state index contributed by atoms with van der Waals surface area (Å²) in [5.41, 5.74) is 0.840. The van der Waals surface area contributed by atoms with E-state index in [-0.39, 0.29) is 5.92 Å². The highest BCUT2D eigenvalue weighted by molar-refractivity contribution is 9.10. The summed E-state index contributed by atoms with van der Waals surface area (Å²) < 4.78 is 6.41. The van der Waals surface area contributed by atoms with Crippen molar-refractivity contribution in [2.45, 2.75) is 20.0 Å². The lowest BCUT2D eigenvalue weighted by molar-refractivity contribution is -0.147. The maximum atomic E-state index is 11.1. The standard InChI is InChI=1S/C14H14BrNO3/c1-8(2)13(14(17)18)19-11-3-4-12-9(6-11)5-10(15)7-16-12/h3-8,13H,1-2H3,(H,17,18). The minimum atomic E-state index is -0.956. The monoisotopic (exact) mass is 323 g/mol. The van der Waals surface area contributed by atoms with Crippen LogP contribution in [0, 0.1) is 5.92 Å². The van der Waals surface area contributed by atoms with E-state index in [1.54, 1.807) is 18.3 Å². The molecule has 0 saturated carbocycles. The number of halogens is 1. The summed E-state index contributed by atoms with van der Waals surface area (Å²) in [5.74, 6) is -0.523. The molecular weight excluding hydrogens is 310 g/mol. The van der Waals surface area contributed by atoms with Crippen molar-refractivity contribution in [3.63, 3.8) is 0 Å². The summed E-state index contributed by atoms with van der Waals surface area (Å²) in [6.07, 6.45) is 0.870. The fourth-order valence-electron chi connectivity index (χ4n) is 1.77. The molecule has 100 valence electrons. The van der Waals surface area contributed by atoms with Gasteiger partial charge in [0.25, 0.3) is 0 Å². The van der Waals surface area contributed by atoms with Crippen LogP contribution < -0.4 is 4.74 Å². The predicted octanol–water partition coefficient (Wildman–Crippen LogP) is 3.49. The smallest absolute Gasteiger partial charge is 0.345 e. The van der Waals surface area contributed by atoms with E-state index in [1.807, 2.05) is 26.0 Å². The lowest BCUT2D eigenvalue weighted by Gasteiger charge is -2.18. The van der Waals surface area contributed by atoms with E-state index in [0.717, 1.165) is 15.4 Å². The maximum absolute atomic E-state index is 11.1. The Hall–Kier alpha value is -1.62. The van der Waals surface area contributed by atoms with Gasteiger partial charge in [-0.2, -0.15) is 0 Å². The second-order valence-electron chi connectivity index (χ2n) is 4.63. The van der Waals surface area contributed by atoms with Gasteiger partial charge in [0.15, 0.2) is 6.10 Å². The van der Waals surface area contributed by atoms with Gasteiger partial charge in [-0.3, -0.25) is 4.98 Å². The van der Waals surface area contributed by atoms with E-state index in [4.69, 9.17) is 9.84 Å². The topological polar surface area (TPSA) is 59.4 Å². The molecule has 0 aliphatic carbocycles. The van der Waals surface area contributed by atoms with Gasteiger partial charge in [0, 0.05) is 22.0 Å². The molecule has 19 heavy (non-hydrogen) atoms. The van der Waals surface area contributed by atoms with E-state index in [0.29, 0.717) is 5.75 Å². The van der Waals surface area contributed by atoms with Gasteiger partial charge in [-0.05, 0) is 40.2 Å². The lowest BCUT2D eigenvalue weighted by Crippen LogP contribution is -2.32. The van der Waals surface area contributed by atoms with Gasteiger partial charge in [-0.25, -0.2) is 4.79 Å². The van der Waals surface area contributed by atoms with Crippen molar-refractivity contribution in [3.05, 3.63) is 34.9 Å². The molecular formula is C14H14BrNO3. The van der Waals surface area contributed by atoms with Crippen molar-refractivity contribution < 1.29 is 14.6 Å². The van der Waals surface area contributed by atoms with Crippen molar-refractivity contribution in [2.75, 3.05) is 0 Å². The van der Waals surface area contributed by atoms with Crippen LogP contribution in [0.3, 0.4) is 0 Å². The Morgan fingerprint density at radius 3 is 2.74 bits per heavy atom. The number of ether oxygens (including phenoxy) is 1. The first-order valence-electron chi connectivity index (χ1n) is 5.92. The number of rotatable bonds is 4. The number of fused-ring (bicyclic) bond motifs is 1. The minimum absolute atomic E-state index is 0.103. The second kappa shape index (κ2) is 5.57. The zero-order valence-electron chi connectivity index (χ0n) is 10.6. The summed E-state index contributed by atoms with van der Waals surface area (Å²) in [6, 6.07) is 7.27. The molecule has 0 amide bonds. The molecule has 2 aromatic rings. The van der Waals surface area contributed by atoms with Gasteiger partial charge < -0.3 is 9.84 Å². The van der Waals surface area contributed by atoms with Gasteiger partial charge in [0.05, 0.1) is 5.52 Å². The second-order valence-corrected chi connectivity index (χ2v) is 5.54. The van der Waals surface area contributed by atoms with Gasteiger partial charge in [-0.15, -0.1) is 0 Å². The molecule has 0 spiro atoms. The molecule has 5 heteroatoms. The Morgan fingerprint density at radius 2 is 2.11 bits per heavy atom. The zero-order chi connectivity index (χ0) is 14.0. The Bertz CT molecular complexity index is 613. The van der Waals surface area contributed by atoms with E-state index < -0.39 is 12.1 Å². The minimum Gasteiger partial charge on any atom is -0.478 e. The fraction of sp³-hybridized carbons (Fsp3) is 0.286. The summed E-state index contributed by atoms with van der Waals surface area (Å²) in [5, 5.41) is 10.0. The number of aliphatic carboxylic acids is 1. The van der Waals surface area contributed by atoms with Crippen LogP contribution >= 0.6 is 15.9 Å². The molecule has 1 aromatic carbocycles. The van der Waals surface area contributed by atoms with Crippen molar-refractivity contribution in [3.8, 4) is 5.75 Å². The Morgan fingerprint density at radius 1 is 1.37 bits per heavy atom. The van der Waals surface area contributed by atoms with Gasteiger partial charge in [0.1, 0.15) is 5.75 Å². The Labute approximate surface area is 119 Å². The van der Waals surface area contributed by atoms with Crippen LogP contribution in [0.1, 0.15) is 13.8 Å². The van der Waals surface area contributed by atoms with Gasteiger partial charge >= 0.3 is 5.97 Å². The summed E-state index contributed by atoms with van der Waals surface area (Å²) in [4.78, 5) is 15.4. The van der Waals surface area contributed by atoms with Crippen molar-refractivity contribution in [2.24, 2.45) is 5.92 Å². The van der Waals surface area contributed by atoms with Gasteiger partial charge in [-0.1, -0.05) is 13.8 Å². The molecule has 1 aromatic heterocycles. The number of carboxylic acids is 1. The third-order valence-corrected chi connectivity index (χ3v) is 3.16. The largest absolute Gasteiger partial charge is 0.478 e. The highest BCUT2D eigenvalue weighted by Gasteiger charge is 2.23. The van der Waals surface area contributed by atoms with Crippen molar-refractivity contribution in [1.82, 2.24) is 4.98 Å². The number of pyridine rings is 1. The number of hydrogen-bond acceptors (Lipinski definition) is 3. The van der Waals surface area contributed by atoms with Crippen LogP contribution in [-0.4, -0.2) is 22.2 Å². The highest BCUT2D eigenvalue weighted by Crippen LogP contribution is 2.24. The molecule has 0 radical (unpaired) electrons. The molecule has 1 atom stereocenters. The molecule has 4 nitrogen and oxygen atoms in total. The maximum Gasteiger partial charge on any atom is 0.345 e. The molecule has 2 rings (SSSR count). The van der Waals surface area contributed by atoms with E-state index >= 15 is 0 Å². The fourth-order valence-corrected chi connectivity index (χ4v) is 2.12. The normalized spacial score (nSPS) is 12.6. The van der Waals surface area contributed by atoms with Crippen molar-refractivity contribution in [1.29, 1.82) is 0 Å². The van der Waals surface area contributed by atoms with E-state index in [9.17, 15) is 4.79 Å². The third kappa shape index (κ3) is 3.23. The molecule has 1 unspecified atom stereocenters.